The van der Waals surface area contributed by atoms with Crippen molar-refractivity contribution in [3.8, 4) is 0 Å². The summed E-state index contributed by atoms with van der Waals surface area (Å²) >= 11 is 1.44. The van der Waals surface area contributed by atoms with Crippen LogP contribution in [0.2, 0.25) is 0 Å². The van der Waals surface area contributed by atoms with Crippen molar-refractivity contribution in [2.24, 2.45) is 0 Å². The summed E-state index contributed by atoms with van der Waals surface area (Å²) in [6.45, 7) is 5.44. The number of H-pyrrole nitrogens is 1. The van der Waals surface area contributed by atoms with Gasteiger partial charge in [0.1, 0.15) is 22.2 Å². The van der Waals surface area contributed by atoms with Crippen LogP contribution in [-0.4, -0.2) is 21.8 Å². The molecule has 0 aliphatic carbocycles. The van der Waals surface area contributed by atoms with E-state index in [0.29, 0.717) is 33.1 Å². The minimum absolute atomic E-state index is 0.0606. The molecule has 1 aromatic carbocycles. The van der Waals surface area contributed by atoms with Crippen LogP contribution in [0, 0.1) is 26.6 Å². The molecule has 2 amide bonds. The van der Waals surface area contributed by atoms with E-state index in [1.165, 1.54) is 35.8 Å². The van der Waals surface area contributed by atoms with Crippen molar-refractivity contribution in [1.82, 2.24) is 9.97 Å². The number of nitrogens with zero attached hydrogens (tertiary/aromatic N) is 1. The smallest absolute Gasteiger partial charge is 0.259 e. The summed E-state index contributed by atoms with van der Waals surface area (Å²) in [5.41, 5.74) is 1.23. The summed E-state index contributed by atoms with van der Waals surface area (Å²) in [6, 6.07) is 5.38. The number of anilines is 2. The second kappa shape index (κ2) is 8.99. The Morgan fingerprint density at radius 3 is 2.70 bits per heavy atom. The molecule has 0 atom stereocenters. The first-order valence-corrected chi connectivity index (χ1v) is 11.0. The Bertz CT molecular complexity index is 1440. The highest BCUT2D eigenvalue weighted by molar-refractivity contribution is 7.18. The van der Waals surface area contributed by atoms with Crippen molar-refractivity contribution in [3.05, 3.63) is 74.3 Å². The number of hydrogen-bond donors (Lipinski definition) is 3. The van der Waals surface area contributed by atoms with Gasteiger partial charge in [-0.2, -0.15) is 0 Å². The lowest BCUT2D eigenvalue weighted by molar-refractivity contribution is -0.116. The fourth-order valence-corrected chi connectivity index (χ4v) is 4.43. The molecule has 0 aliphatic rings. The number of amides is 2. The Labute approximate surface area is 191 Å². The van der Waals surface area contributed by atoms with Crippen LogP contribution in [0.15, 0.2) is 39.7 Å². The van der Waals surface area contributed by atoms with E-state index in [2.05, 4.69) is 20.6 Å². The summed E-state index contributed by atoms with van der Waals surface area (Å²) < 4.78 is 19.3. The van der Waals surface area contributed by atoms with Crippen LogP contribution in [0.3, 0.4) is 0 Å². The molecule has 0 unspecified atom stereocenters. The summed E-state index contributed by atoms with van der Waals surface area (Å²) in [5.74, 6) is -0.667. The molecule has 0 spiro atoms. The van der Waals surface area contributed by atoms with Gasteiger partial charge < -0.3 is 20.0 Å². The molecule has 0 bridgehead atoms. The fourth-order valence-electron chi connectivity index (χ4n) is 3.38. The summed E-state index contributed by atoms with van der Waals surface area (Å²) in [5, 5.41) is 5.73. The first kappa shape index (κ1) is 22.4. The number of hydrogen-bond acceptors (Lipinski definition) is 6. The van der Waals surface area contributed by atoms with Crippen LogP contribution in [0.5, 0.6) is 0 Å². The summed E-state index contributed by atoms with van der Waals surface area (Å²) in [7, 11) is 0. The lowest BCUT2D eigenvalue weighted by Crippen LogP contribution is -2.17. The van der Waals surface area contributed by atoms with Crippen molar-refractivity contribution < 1.29 is 18.4 Å². The third-order valence-corrected chi connectivity index (χ3v) is 6.38. The normalized spacial score (nSPS) is 11.0. The molecular formula is C23H21FN4O4S. The van der Waals surface area contributed by atoms with Gasteiger partial charge in [0, 0.05) is 23.4 Å². The van der Waals surface area contributed by atoms with E-state index in [1.807, 2.05) is 13.8 Å². The third-order valence-electron chi connectivity index (χ3n) is 5.28. The molecule has 0 radical (unpaired) electrons. The Hall–Kier alpha value is -3.79. The van der Waals surface area contributed by atoms with Gasteiger partial charge in [0.25, 0.3) is 11.5 Å². The number of aromatic nitrogens is 2. The number of fused-ring (bicyclic) bond motifs is 1. The maximum Gasteiger partial charge on any atom is 0.259 e. The highest BCUT2D eigenvalue weighted by Crippen LogP contribution is 2.26. The molecule has 0 aliphatic heterocycles. The van der Waals surface area contributed by atoms with Crippen LogP contribution in [-0.2, 0) is 11.2 Å². The number of nitrogens with one attached hydrogen (secondary N) is 3. The van der Waals surface area contributed by atoms with E-state index < -0.39 is 11.7 Å². The van der Waals surface area contributed by atoms with E-state index in [4.69, 9.17) is 4.42 Å². The third kappa shape index (κ3) is 4.70. The average Bonchev–Trinajstić information content (AvgIpc) is 3.31. The lowest BCUT2D eigenvalue weighted by atomic mass is 10.2. The van der Waals surface area contributed by atoms with Gasteiger partial charge in [-0.05, 0) is 50.6 Å². The maximum absolute atomic E-state index is 14.2. The molecule has 170 valence electrons. The van der Waals surface area contributed by atoms with Gasteiger partial charge >= 0.3 is 0 Å². The molecule has 33 heavy (non-hydrogen) atoms. The molecule has 10 heteroatoms. The summed E-state index contributed by atoms with van der Waals surface area (Å²) in [6.07, 6.45) is 1.67. The van der Waals surface area contributed by atoms with E-state index in [1.54, 1.807) is 6.92 Å². The minimum atomic E-state index is -0.640. The van der Waals surface area contributed by atoms with Crippen LogP contribution in [0.1, 0.15) is 38.8 Å². The molecule has 3 N–H and O–H groups in total. The summed E-state index contributed by atoms with van der Waals surface area (Å²) in [4.78, 5) is 46.0. The zero-order valence-corrected chi connectivity index (χ0v) is 19.0. The van der Waals surface area contributed by atoms with Crippen molar-refractivity contribution in [2.75, 3.05) is 10.6 Å². The standard InChI is InChI=1S/C23H21FN4O4S/c1-11-13(3)33-23-20(11)22(31)27-18(28-23)6-7-19(29)25-14-4-5-16(24)17(10-14)26-21(30)15-8-9-32-12(15)2/h4-5,8-10H,6-7H2,1-3H3,(H,25,29)(H,26,30)(H,27,28,31). The first-order valence-electron chi connectivity index (χ1n) is 10.2. The van der Waals surface area contributed by atoms with E-state index in [0.717, 1.165) is 16.5 Å². The number of rotatable bonds is 6. The number of aryl methyl sites for hydroxylation is 4. The van der Waals surface area contributed by atoms with Gasteiger partial charge in [-0.1, -0.05) is 0 Å². The van der Waals surface area contributed by atoms with Gasteiger partial charge in [0.15, 0.2) is 0 Å². The van der Waals surface area contributed by atoms with E-state index in [-0.39, 0.29) is 30.0 Å². The molecule has 3 heterocycles. The first-order chi connectivity index (χ1) is 15.7. The van der Waals surface area contributed by atoms with E-state index in [9.17, 15) is 18.8 Å². The van der Waals surface area contributed by atoms with Crippen LogP contribution in [0.25, 0.3) is 10.2 Å². The molecular weight excluding hydrogens is 447 g/mol. The van der Waals surface area contributed by atoms with Gasteiger partial charge in [-0.25, -0.2) is 9.37 Å². The van der Waals surface area contributed by atoms with Gasteiger partial charge in [0.05, 0.1) is 22.9 Å². The predicted octanol–water partition coefficient (Wildman–Crippen LogP) is 4.47. The lowest BCUT2D eigenvalue weighted by Gasteiger charge is -2.10. The average molecular weight is 469 g/mol. The Kier molecular flexibility index (Phi) is 6.10. The molecule has 3 aromatic heterocycles. The number of furan rings is 1. The highest BCUT2D eigenvalue weighted by atomic mass is 32.1. The molecule has 4 rings (SSSR count). The number of carbonyl (C=O) groups is 2. The highest BCUT2D eigenvalue weighted by Gasteiger charge is 2.16. The maximum atomic E-state index is 14.2. The Morgan fingerprint density at radius 2 is 1.97 bits per heavy atom. The van der Waals surface area contributed by atoms with Crippen LogP contribution >= 0.6 is 11.3 Å². The number of halogens is 1. The SMILES string of the molecule is Cc1occc1C(=O)Nc1cc(NC(=O)CCc2nc3sc(C)c(C)c3c(=O)[nH]2)ccc1F. The number of thiophene rings is 1. The predicted molar refractivity (Wildman–Crippen MR) is 124 cm³/mol. The zero-order chi connectivity index (χ0) is 23.7. The van der Waals surface area contributed by atoms with Gasteiger partial charge in [-0.15, -0.1) is 11.3 Å². The monoisotopic (exact) mass is 468 g/mol. The Balaban J connectivity index is 1.42. The van der Waals surface area contributed by atoms with Gasteiger partial charge in [0.2, 0.25) is 5.91 Å². The van der Waals surface area contributed by atoms with E-state index >= 15 is 0 Å². The number of aromatic amines is 1. The fraction of sp³-hybridized carbons (Fsp3) is 0.217. The van der Waals surface area contributed by atoms with Crippen molar-refractivity contribution >= 4 is 44.7 Å². The molecule has 8 nitrogen and oxygen atoms in total. The molecule has 0 saturated heterocycles. The quantitative estimate of drug-likeness (QED) is 0.386. The molecule has 0 saturated carbocycles. The largest absolute Gasteiger partial charge is 0.469 e. The zero-order valence-electron chi connectivity index (χ0n) is 18.2. The Morgan fingerprint density at radius 1 is 1.18 bits per heavy atom. The molecule has 4 aromatic rings. The topological polar surface area (TPSA) is 117 Å². The van der Waals surface area contributed by atoms with Gasteiger partial charge in [-0.3, -0.25) is 14.4 Å². The second-order valence-electron chi connectivity index (χ2n) is 7.56. The van der Waals surface area contributed by atoms with Crippen molar-refractivity contribution in [1.29, 1.82) is 0 Å². The second-order valence-corrected chi connectivity index (χ2v) is 8.77. The molecule has 0 fully saturated rings. The number of carbonyl (C=O) groups excluding carboxylic acids is 2. The number of benzene rings is 1. The van der Waals surface area contributed by atoms with Crippen LogP contribution < -0.4 is 16.2 Å². The minimum Gasteiger partial charge on any atom is -0.469 e. The van der Waals surface area contributed by atoms with Crippen LogP contribution in [0.4, 0.5) is 15.8 Å². The van der Waals surface area contributed by atoms with Crippen molar-refractivity contribution in [2.45, 2.75) is 33.6 Å². The van der Waals surface area contributed by atoms with Crippen molar-refractivity contribution in [3.63, 3.8) is 0 Å².